The van der Waals surface area contributed by atoms with Gasteiger partial charge in [-0.2, -0.15) is 0 Å². The lowest BCUT2D eigenvalue weighted by atomic mass is 10.0. The minimum atomic E-state index is -4.16. The summed E-state index contributed by atoms with van der Waals surface area (Å²) >= 11 is 3.47. The van der Waals surface area contributed by atoms with Crippen LogP contribution < -0.4 is 9.62 Å². The predicted molar refractivity (Wildman–Crippen MR) is 193 cm³/mol. The Kier molecular flexibility index (Phi) is 12.4. The van der Waals surface area contributed by atoms with E-state index in [9.17, 15) is 18.0 Å². The Morgan fingerprint density at radius 1 is 0.787 bits per heavy atom. The second kappa shape index (κ2) is 16.2. The molecule has 0 aliphatic carbocycles. The van der Waals surface area contributed by atoms with Gasteiger partial charge in [0, 0.05) is 24.0 Å². The van der Waals surface area contributed by atoms with E-state index in [-0.39, 0.29) is 35.6 Å². The largest absolute Gasteiger partial charge is 0.354 e. The predicted octanol–water partition coefficient (Wildman–Crippen LogP) is 7.49. The molecule has 1 atom stereocenters. The summed E-state index contributed by atoms with van der Waals surface area (Å²) in [7, 11) is -4.16. The molecule has 248 valence electrons. The van der Waals surface area contributed by atoms with E-state index < -0.39 is 28.5 Å². The molecule has 0 saturated heterocycles. The highest BCUT2D eigenvalue weighted by atomic mass is 79.9. The van der Waals surface area contributed by atoms with Crippen molar-refractivity contribution in [3.8, 4) is 0 Å². The van der Waals surface area contributed by atoms with E-state index in [2.05, 4.69) is 35.1 Å². The Morgan fingerprint density at radius 3 is 1.98 bits per heavy atom. The molecule has 4 aromatic carbocycles. The van der Waals surface area contributed by atoms with Gasteiger partial charge in [0.2, 0.25) is 11.8 Å². The third-order valence-corrected chi connectivity index (χ3v) is 10.3. The monoisotopic (exact) mass is 717 g/mol. The first kappa shape index (κ1) is 35.9. The fourth-order valence-corrected chi connectivity index (χ4v) is 6.83. The normalized spacial score (nSPS) is 12.2. The summed E-state index contributed by atoms with van der Waals surface area (Å²) in [5.74, 6) is -0.326. The van der Waals surface area contributed by atoms with E-state index in [1.165, 1.54) is 4.90 Å². The van der Waals surface area contributed by atoms with Crippen molar-refractivity contribution in [1.29, 1.82) is 0 Å². The van der Waals surface area contributed by atoms with Crippen molar-refractivity contribution in [2.24, 2.45) is 5.92 Å². The maximum Gasteiger partial charge on any atom is 0.264 e. The van der Waals surface area contributed by atoms with Crippen molar-refractivity contribution < 1.29 is 18.0 Å². The number of amides is 2. The maximum atomic E-state index is 14.6. The number of hydrogen-bond donors (Lipinski definition) is 1. The van der Waals surface area contributed by atoms with Crippen LogP contribution in [0.3, 0.4) is 0 Å². The smallest absolute Gasteiger partial charge is 0.264 e. The minimum Gasteiger partial charge on any atom is -0.354 e. The number of sulfonamides is 1. The number of hydrogen-bond acceptors (Lipinski definition) is 4. The fraction of sp³-hybridized carbons (Fsp3) is 0.316. The average Bonchev–Trinajstić information content (AvgIpc) is 3.05. The molecule has 4 aromatic rings. The molecule has 7 nitrogen and oxygen atoms in total. The maximum absolute atomic E-state index is 14.6. The summed E-state index contributed by atoms with van der Waals surface area (Å²) in [6.07, 6.45) is 0.265. The lowest BCUT2D eigenvalue weighted by Gasteiger charge is -2.34. The van der Waals surface area contributed by atoms with Crippen LogP contribution in [0.5, 0.6) is 0 Å². The second-order valence-electron chi connectivity index (χ2n) is 12.6. The van der Waals surface area contributed by atoms with Gasteiger partial charge in [-0.1, -0.05) is 116 Å². The Hall–Kier alpha value is -3.95. The molecule has 9 heteroatoms. The zero-order valence-corrected chi connectivity index (χ0v) is 30.1. The molecular weight excluding hydrogens is 674 g/mol. The molecule has 1 N–H and O–H groups in total. The number of carbonyl (C=O) groups excluding carboxylic acids is 2. The average molecular weight is 719 g/mol. The number of rotatable bonds is 14. The number of nitrogens with zero attached hydrogens (tertiary/aromatic N) is 2. The molecule has 0 aromatic heterocycles. The summed E-state index contributed by atoms with van der Waals surface area (Å²) in [6, 6.07) is 30.1. The fourth-order valence-electron chi connectivity index (χ4n) is 5.15. The van der Waals surface area contributed by atoms with Gasteiger partial charge in [0.15, 0.2) is 0 Å². The molecule has 0 bridgehead atoms. The first-order chi connectivity index (χ1) is 22.3. The summed E-state index contributed by atoms with van der Waals surface area (Å²) in [5, 5.41) is 3.02. The lowest BCUT2D eigenvalue weighted by Crippen LogP contribution is -2.53. The van der Waals surface area contributed by atoms with Gasteiger partial charge in [-0.15, -0.1) is 0 Å². The van der Waals surface area contributed by atoms with Crippen LogP contribution in [0, 0.1) is 12.8 Å². The van der Waals surface area contributed by atoms with Crippen LogP contribution >= 0.6 is 15.9 Å². The zero-order valence-electron chi connectivity index (χ0n) is 27.7. The highest BCUT2D eigenvalue weighted by Crippen LogP contribution is 2.27. The topological polar surface area (TPSA) is 86.8 Å². The molecule has 0 spiro atoms. The Bertz CT molecular complexity index is 1720. The van der Waals surface area contributed by atoms with Crippen LogP contribution in [0.2, 0.25) is 0 Å². The van der Waals surface area contributed by atoms with E-state index in [1.807, 2.05) is 87.5 Å². The number of carbonyl (C=O) groups is 2. The standard InChI is InChI=1S/C38H44BrN3O4S/c1-27(2)24-40-38(44)36(23-30-9-7-6-8-10-30)41(25-31-13-17-33(39)18-14-31)37(43)26-42(34-19-15-32(16-20-34)28(3)4)47(45,46)35-21-11-29(5)12-22-35/h6-22,27-28,36H,23-26H2,1-5H3,(H,40,44). The van der Waals surface area contributed by atoms with Crippen LogP contribution in [0.25, 0.3) is 0 Å². The second-order valence-corrected chi connectivity index (χ2v) is 15.3. The summed E-state index contributed by atoms with van der Waals surface area (Å²) in [6.45, 7) is 10.1. The van der Waals surface area contributed by atoms with Gasteiger partial charge in [-0.05, 0) is 71.8 Å². The Balaban J connectivity index is 1.80. The van der Waals surface area contributed by atoms with Crippen LogP contribution in [0.15, 0.2) is 112 Å². The Morgan fingerprint density at radius 2 is 1.40 bits per heavy atom. The molecule has 0 fully saturated rings. The van der Waals surface area contributed by atoms with E-state index in [0.717, 1.165) is 31.0 Å². The van der Waals surface area contributed by atoms with Gasteiger partial charge in [0.05, 0.1) is 10.6 Å². The van der Waals surface area contributed by atoms with Gasteiger partial charge in [-0.3, -0.25) is 13.9 Å². The van der Waals surface area contributed by atoms with Crippen molar-refractivity contribution in [3.63, 3.8) is 0 Å². The number of anilines is 1. The Labute approximate surface area is 288 Å². The number of halogens is 1. The van der Waals surface area contributed by atoms with Crippen molar-refractivity contribution in [2.75, 3.05) is 17.4 Å². The molecule has 0 saturated carbocycles. The van der Waals surface area contributed by atoms with Crippen molar-refractivity contribution in [2.45, 2.75) is 64.4 Å². The van der Waals surface area contributed by atoms with Crippen molar-refractivity contribution in [3.05, 3.63) is 130 Å². The number of aryl methyl sites for hydroxylation is 1. The summed E-state index contributed by atoms with van der Waals surface area (Å²) in [4.78, 5) is 30.1. The van der Waals surface area contributed by atoms with Crippen molar-refractivity contribution in [1.82, 2.24) is 10.2 Å². The van der Waals surface area contributed by atoms with Gasteiger partial charge < -0.3 is 10.2 Å². The van der Waals surface area contributed by atoms with E-state index >= 15 is 0 Å². The molecular formula is C38H44BrN3O4S. The molecule has 0 heterocycles. The van der Waals surface area contributed by atoms with Gasteiger partial charge >= 0.3 is 0 Å². The molecule has 4 rings (SSSR count). The highest BCUT2D eigenvalue weighted by Gasteiger charge is 2.34. The van der Waals surface area contributed by atoms with Crippen LogP contribution in [-0.4, -0.2) is 44.3 Å². The molecule has 0 aliphatic rings. The summed E-state index contributed by atoms with van der Waals surface area (Å²) in [5.41, 5.74) is 4.04. The summed E-state index contributed by atoms with van der Waals surface area (Å²) < 4.78 is 30.6. The first-order valence-corrected chi connectivity index (χ1v) is 18.1. The van der Waals surface area contributed by atoms with E-state index in [1.54, 1.807) is 36.4 Å². The first-order valence-electron chi connectivity index (χ1n) is 15.9. The minimum absolute atomic E-state index is 0.0822. The number of nitrogens with one attached hydrogen (secondary N) is 1. The van der Waals surface area contributed by atoms with Gasteiger partial charge in [0.25, 0.3) is 10.0 Å². The number of benzene rings is 4. The van der Waals surface area contributed by atoms with E-state index in [4.69, 9.17) is 0 Å². The van der Waals surface area contributed by atoms with Crippen LogP contribution in [-0.2, 0) is 32.6 Å². The molecule has 47 heavy (non-hydrogen) atoms. The zero-order chi connectivity index (χ0) is 34.1. The van der Waals surface area contributed by atoms with Crippen molar-refractivity contribution >= 4 is 43.5 Å². The third-order valence-electron chi connectivity index (χ3n) is 7.96. The highest BCUT2D eigenvalue weighted by molar-refractivity contribution is 9.10. The SMILES string of the molecule is Cc1ccc(S(=O)(=O)N(CC(=O)N(Cc2ccc(Br)cc2)C(Cc2ccccc2)C(=O)NCC(C)C)c2ccc(C(C)C)cc2)cc1. The van der Waals surface area contributed by atoms with Gasteiger partial charge in [0.1, 0.15) is 12.6 Å². The van der Waals surface area contributed by atoms with Crippen LogP contribution in [0.1, 0.15) is 55.9 Å². The molecule has 0 radical (unpaired) electrons. The quantitative estimate of drug-likeness (QED) is 0.147. The molecule has 1 unspecified atom stereocenters. The molecule has 0 aliphatic heterocycles. The lowest BCUT2D eigenvalue weighted by molar-refractivity contribution is -0.140. The third kappa shape index (κ3) is 9.78. The van der Waals surface area contributed by atoms with Gasteiger partial charge in [-0.25, -0.2) is 8.42 Å². The molecule has 2 amide bonds. The van der Waals surface area contributed by atoms with E-state index in [0.29, 0.717) is 12.2 Å². The van der Waals surface area contributed by atoms with Crippen LogP contribution in [0.4, 0.5) is 5.69 Å².